The van der Waals surface area contributed by atoms with Crippen molar-refractivity contribution < 1.29 is 4.79 Å². The smallest absolute Gasteiger partial charge is 0.254 e. The van der Waals surface area contributed by atoms with Crippen LogP contribution in [0.4, 0.5) is 0 Å². The van der Waals surface area contributed by atoms with Gasteiger partial charge in [0.05, 0.1) is 17.7 Å². The lowest BCUT2D eigenvalue weighted by molar-refractivity contribution is 0.0783. The predicted octanol–water partition coefficient (Wildman–Crippen LogP) is 3.76. The number of hydrogen-bond acceptors (Lipinski definition) is 4. The fraction of sp³-hybridized carbons (Fsp3) is 0.400. The summed E-state index contributed by atoms with van der Waals surface area (Å²) in [5, 5.41) is 2.28. The van der Waals surface area contributed by atoms with Crippen LogP contribution in [0.25, 0.3) is 0 Å². The number of halogens is 1. The summed E-state index contributed by atoms with van der Waals surface area (Å²) in [4.78, 5) is 22.6. The van der Waals surface area contributed by atoms with E-state index in [1.54, 1.807) is 23.5 Å². The van der Waals surface area contributed by atoms with Gasteiger partial charge in [-0.15, -0.1) is 11.3 Å². The highest BCUT2D eigenvalue weighted by Gasteiger charge is 2.20. The van der Waals surface area contributed by atoms with Crippen molar-refractivity contribution in [2.24, 2.45) is 0 Å². The first-order chi connectivity index (χ1) is 9.77. The number of pyridine rings is 1. The summed E-state index contributed by atoms with van der Waals surface area (Å²) >= 11 is 7.57. The Morgan fingerprint density at radius 1 is 1.38 bits per heavy atom. The number of nitrogens with zero attached hydrogens (tertiary/aromatic N) is 3. The molecule has 112 valence electrons. The van der Waals surface area contributed by atoms with Crippen LogP contribution in [-0.2, 0) is 12.0 Å². The second-order valence-corrected chi connectivity index (χ2v) is 7.06. The molecule has 0 N–H and O–H groups in total. The minimum Gasteiger partial charge on any atom is -0.336 e. The van der Waals surface area contributed by atoms with Gasteiger partial charge in [0, 0.05) is 29.1 Å². The highest BCUT2D eigenvalue weighted by atomic mass is 35.5. The average molecular weight is 324 g/mol. The monoisotopic (exact) mass is 323 g/mol. The third kappa shape index (κ3) is 4.02. The number of rotatable bonds is 3. The summed E-state index contributed by atoms with van der Waals surface area (Å²) in [7, 11) is 1.76. The van der Waals surface area contributed by atoms with E-state index < -0.39 is 0 Å². The lowest BCUT2D eigenvalue weighted by Crippen LogP contribution is -2.27. The molecule has 2 heterocycles. The molecule has 0 aromatic carbocycles. The number of aromatic nitrogens is 2. The SMILES string of the molecule is CN(Cc1cscn1)C(=O)c1cc(Cl)nc(C(C)(C)C)c1. The van der Waals surface area contributed by atoms with Crippen LogP contribution in [0.1, 0.15) is 42.5 Å². The Morgan fingerprint density at radius 3 is 2.67 bits per heavy atom. The molecule has 0 fully saturated rings. The van der Waals surface area contributed by atoms with Gasteiger partial charge in [-0.1, -0.05) is 32.4 Å². The molecule has 2 rings (SSSR count). The molecule has 0 aliphatic rings. The highest BCUT2D eigenvalue weighted by molar-refractivity contribution is 7.07. The standard InChI is InChI=1S/C15H18ClN3OS/c1-15(2,3)12-5-10(6-13(16)18-12)14(20)19(4)7-11-8-21-9-17-11/h5-6,8-9H,7H2,1-4H3. The predicted molar refractivity (Wildman–Crippen MR) is 85.9 cm³/mol. The minimum absolute atomic E-state index is 0.0854. The van der Waals surface area contributed by atoms with Crippen molar-refractivity contribution in [2.45, 2.75) is 32.7 Å². The summed E-state index contributed by atoms with van der Waals surface area (Å²) in [6, 6.07) is 3.42. The molecule has 0 radical (unpaired) electrons. The van der Waals surface area contributed by atoms with Gasteiger partial charge in [-0.25, -0.2) is 9.97 Å². The number of amides is 1. The van der Waals surface area contributed by atoms with E-state index in [0.717, 1.165) is 11.4 Å². The number of thiazole rings is 1. The zero-order valence-corrected chi connectivity index (χ0v) is 14.1. The Morgan fingerprint density at radius 2 is 2.10 bits per heavy atom. The quantitative estimate of drug-likeness (QED) is 0.808. The maximum absolute atomic E-state index is 12.5. The van der Waals surface area contributed by atoms with Crippen LogP contribution in [-0.4, -0.2) is 27.8 Å². The summed E-state index contributed by atoms with van der Waals surface area (Å²) < 4.78 is 0. The number of hydrogen-bond donors (Lipinski definition) is 0. The fourth-order valence-corrected chi connectivity index (χ4v) is 2.61. The van der Waals surface area contributed by atoms with Crippen molar-refractivity contribution in [3.63, 3.8) is 0 Å². The van der Waals surface area contributed by atoms with Crippen molar-refractivity contribution in [3.8, 4) is 0 Å². The van der Waals surface area contributed by atoms with Gasteiger partial charge in [0.2, 0.25) is 0 Å². The van der Waals surface area contributed by atoms with Crippen LogP contribution < -0.4 is 0 Å². The van der Waals surface area contributed by atoms with Gasteiger partial charge in [0.25, 0.3) is 5.91 Å². The van der Waals surface area contributed by atoms with Gasteiger partial charge in [0.15, 0.2) is 0 Å². The van der Waals surface area contributed by atoms with Gasteiger partial charge in [0.1, 0.15) is 5.15 Å². The lowest BCUT2D eigenvalue weighted by Gasteiger charge is -2.20. The van der Waals surface area contributed by atoms with Gasteiger partial charge < -0.3 is 4.90 Å². The number of carbonyl (C=O) groups is 1. The van der Waals surface area contributed by atoms with Gasteiger partial charge in [-0.2, -0.15) is 0 Å². The Balaban J connectivity index is 2.24. The van der Waals surface area contributed by atoms with Crippen LogP contribution >= 0.6 is 22.9 Å². The van der Waals surface area contributed by atoms with Crippen LogP contribution in [0, 0.1) is 0 Å². The summed E-state index contributed by atoms with van der Waals surface area (Å²) in [5.41, 5.74) is 3.84. The Hall–Kier alpha value is -1.46. The topological polar surface area (TPSA) is 46.1 Å². The van der Waals surface area contributed by atoms with E-state index in [1.165, 1.54) is 11.3 Å². The van der Waals surface area contributed by atoms with E-state index in [4.69, 9.17) is 11.6 Å². The Kier molecular flexibility index (Phi) is 4.64. The maximum Gasteiger partial charge on any atom is 0.254 e. The molecular formula is C15H18ClN3OS. The van der Waals surface area contributed by atoms with Crippen molar-refractivity contribution in [3.05, 3.63) is 45.1 Å². The first-order valence-corrected chi connectivity index (χ1v) is 7.90. The average Bonchev–Trinajstić information content (AvgIpc) is 2.88. The molecule has 0 bridgehead atoms. The molecule has 0 aliphatic heterocycles. The Bertz CT molecular complexity index is 635. The van der Waals surface area contributed by atoms with E-state index in [9.17, 15) is 4.79 Å². The summed E-state index contributed by atoms with van der Waals surface area (Å²) in [5.74, 6) is -0.0854. The van der Waals surface area contributed by atoms with Gasteiger partial charge in [-0.05, 0) is 12.1 Å². The molecule has 6 heteroatoms. The summed E-state index contributed by atoms with van der Waals surface area (Å²) in [6.45, 7) is 6.60. The first-order valence-electron chi connectivity index (χ1n) is 6.58. The molecule has 1 amide bonds. The van der Waals surface area contributed by atoms with Crippen molar-refractivity contribution in [2.75, 3.05) is 7.05 Å². The zero-order chi connectivity index (χ0) is 15.6. The molecular weight excluding hydrogens is 306 g/mol. The first kappa shape index (κ1) is 15.9. The molecule has 2 aromatic rings. The normalized spacial score (nSPS) is 11.5. The van der Waals surface area contributed by atoms with Crippen molar-refractivity contribution >= 4 is 28.8 Å². The highest BCUT2D eigenvalue weighted by Crippen LogP contribution is 2.24. The zero-order valence-electron chi connectivity index (χ0n) is 12.6. The third-order valence-electron chi connectivity index (χ3n) is 3.04. The molecule has 2 aromatic heterocycles. The largest absolute Gasteiger partial charge is 0.336 e. The molecule has 0 spiro atoms. The molecule has 21 heavy (non-hydrogen) atoms. The van der Waals surface area contributed by atoms with Crippen molar-refractivity contribution in [1.29, 1.82) is 0 Å². The fourth-order valence-electron chi connectivity index (χ4n) is 1.86. The maximum atomic E-state index is 12.5. The van der Waals surface area contributed by atoms with E-state index in [0.29, 0.717) is 17.3 Å². The van der Waals surface area contributed by atoms with E-state index in [2.05, 4.69) is 9.97 Å². The second-order valence-electron chi connectivity index (χ2n) is 5.95. The van der Waals surface area contributed by atoms with Crippen LogP contribution in [0.3, 0.4) is 0 Å². The van der Waals surface area contributed by atoms with Crippen LogP contribution in [0.15, 0.2) is 23.0 Å². The third-order valence-corrected chi connectivity index (χ3v) is 3.87. The molecule has 0 saturated carbocycles. The van der Waals surface area contributed by atoms with Gasteiger partial charge >= 0.3 is 0 Å². The second kappa shape index (κ2) is 6.12. The van der Waals surface area contributed by atoms with Crippen LogP contribution in [0.2, 0.25) is 5.15 Å². The minimum atomic E-state index is -0.159. The molecule has 0 aliphatic carbocycles. The van der Waals surface area contributed by atoms with E-state index in [1.807, 2.05) is 32.2 Å². The molecule has 0 saturated heterocycles. The molecule has 4 nitrogen and oxygen atoms in total. The van der Waals surface area contributed by atoms with Gasteiger partial charge in [-0.3, -0.25) is 4.79 Å². The van der Waals surface area contributed by atoms with E-state index in [-0.39, 0.29) is 11.3 Å². The van der Waals surface area contributed by atoms with Crippen molar-refractivity contribution in [1.82, 2.24) is 14.9 Å². The number of carbonyl (C=O) groups excluding carboxylic acids is 1. The molecule has 0 atom stereocenters. The Labute approximate surface area is 133 Å². The van der Waals surface area contributed by atoms with Crippen LogP contribution in [0.5, 0.6) is 0 Å². The summed E-state index contributed by atoms with van der Waals surface area (Å²) in [6.07, 6.45) is 0. The molecule has 0 unspecified atom stereocenters. The van der Waals surface area contributed by atoms with E-state index >= 15 is 0 Å². The lowest BCUT2D eigenvalue weighted by atomic mass is 9.91.